The minimum Gasteiger partial charge on any atom is -0.336 e. The summed E-state index contributed by atoms with van der Waals surface area (Å²) in [5.74, 6) is 0.657. The lowest BCUT2D eigenvalue weighted by molar-refractivity contribution is 0.0670. The summed E-state index contributed by atoms with van der Waals surface area (Å²) in [7, 11) is 1.94. The first-order valence-electron chi connectivity index (χ1n) is 8.88. The van der Waals surface area contributed by atoms with Gasteiger partial charge < -0.3 is 4.90 Å². The van der Waals surface area contributed by atoms with E-state index in [2.05, 4.69) is 27.9 Å². The molecule has 24 heavy (non-hydrogen) atoms. The summed E-state index contributed by atoms with van der Waals surface area (Å²) < 4.78 is 3.98. The maximum Gasteiger partial charge on any atom is 0.257 e. The fourth-order valence-electron chi connectivity index (χ4n) is 3.98. The third kappa shape index (κ3) is 2.64. The number of piperidine rings is 1. The molecule has 1 atom stereocenters. The molecule has 0 radical (unpaired) electrons. The van der Waals surface area contributed by atoms with Crippen LogP contribution in [0.2, 0.25) is 0 Å². The van der Waals surface area contributed by atoms with Crippen LogP contribution in [0.5, 0.6) is 0 Å². The molecule has 1 aliphatic carbocycles. The van der Waals surface area contributed by atoms with Crippen LogP contribution in [-0.2, 0) is 7.05 Å². The smallest absolute Gasteiger partial charge is 0.257 e. The van der Waals surface area contributed by atoms with Gasteiger partial charge in [-0.3, -0.25) is 14.2 Å². The second-order valence-corrected chi connectivity index (χ2v) is 7.26. The van der Waals surface area contributed by atoms with E-state index in [1.807, 2.05) is 23.6 Å². The molecular formula is C18H25N5O. The van der Waals surface area contributed by atoms with Crippen LogP contribution in [0.3, 0.4) is 0 Å². The molecule has 0 bridgehead atoms. The summed E-state index contributed by atoms with van der Waals surface area (Å²) in [5.41, 5.74) is 4.13. The summed E-state index contributed by atoms with van der Waals surface area (Å²) in [5, 5.41) is 8.96. The van der Waals surface area contributed by atoms with Gasteiger partial charge in [0.05, 0.1) is 29.2 Å². The van der Waals surface area contributed by atoms with E-state index < -0.39 is 0 Å². The number of aromatic nitrogens is 4. The summed E-state index contributed by atoms with van der Waals surface area (Å²) in [6, 6.07) is 2.38. The van der Waals surface area contributed by atoms with Gasteiger partial charge in [0, 0.05) is 31.7 Å². The molecule has 0 spiro atoms. The third-order valence-corrected chi connectivity index (χ3v) is 5.25. The van der Waals surface area contributed by atoms with Gasteiger partial charge in [-0.25, -0.2) is 0 Å². The Balaban J connectivity index is 1.56. The molecule has 2 fully saturated rings. The van der Waals surface area contributed by atoms with Gasteiger partial charge in [-0.05, 0) is 45.6 Å². The van der Waals surface area contributed by atoms with Crippen LogP contribution >= 0.6 is 0 Å². The highest BCUT2D eigenvalue weighted by atomic mass is 16.2. The van der Waals surface area contributed by atoms with E-state index in [4.69, 9.17) is 0 Å². The van der Waals surface area contributed by atoms with E-state index in [0.717, 1.165) is 42.9 Å². The van der Waals surface area contributed by atoms with E-state index in [0.29, 0.717) is 5.92 Å². The highest BCUT2D eigenvalue weighted by Crippen LogP contribution is 2.41. The molecule has 1 aliphatic heterocycles. The second-order valence-electron chi connectivity index (χ2n) is 7.26. The molecule has 2 aromatic heterocycles. The first-order chi connectivity index (χ1) is 11.5. The van der Waals surface area contributed by atoms with Crippen LogP contribution in [0.1, 0.15) is 65.1 Å². The topological polar surface area (TPSA) is 56.0 Å². The highest BCUT2D eigenvalue weighted by molar-refractivity contribution is 5.95. The Labute approximate surface area is 142 Å². The molecule has 6 heteroatoms. The average Bonchev–Trinajstić information content (AvgIpc) is 3.25. The maximum atomic E-state index is 13.1. The number of amides is 1. The molecule has 2 aliphatic rings. The molecule has 4 rings (SSSR count). The largest absolute Gasteiger partial charge is 0.336 e. The highest BCUT2D eigenvalue weighted by Gasteiger charge is 2.34. The fraction of sp³-hybridized carbons (Fsp3) is 0.611. The number of likely N-dealkylation sites (tertiary alicyclic amines) is 1. The molecule has 6 nitrogen and oxygen atoms in total. The van der Waals surface area contributed by atoms with Crippen LogP contribution in [-0.4, -0.2) is 43.5 Å². The number of hydrogen-bond donors (Lipinski definition) is 0. The van der Waals surface area contributed by atoms with Gasteiger partial charge in [-0.15, -0.1) is 0 Å². The maximum absolute atomic E-state index is 13.1. The minimum absolute atomic E-state index is 0.135. The van der Waals surface area contributed by atoms with Crippen molar-refractivity contribution in [3.63, 3.8) is 0 Å². The lowest BCUT2D eigenvalue weighted by Gasteiger charge is -2.33. The Hall–Kier alpha value is -2.11. The molecule has 0 N–H and O–H groups in total. The van der Waals surface area contributed by atoms with Crippen molar-refractivity contribution in [3.8, 4) is 0 Å². The van der Waals surface area contributed by atoms with Gasteiger partial charge in [0.25, 0.3) is 5.91 Å². The Bertz CT molecular complexity index is 770. The van der Waals surface area contributed by atoms with Crippen molar-refractivity contribution >= 4 is 5.91 Å². The van der Waals surface area contributed by atoms with Crippen LogP contribution in [0.15, 0.2) is 12.3 Å². The first kappa shape index (κ1) is 15.4. The molecule has 0 aromatic carbocycles. The quantitative estimate of drug-likeness (QED) is 0.871. The molecule has 1 saturated carbocycles. The van der Waals surface area contributed by atoms with E-state index in [-0.39, 0.29) is 11.9 Å². The lowest BCUT2D eigenvalue weighted by atomic mass is 10.0. The van der Waals surface area contributed by atoms with Crippen molar-refractivity contribution in [2.45, 2.75) is 51.5 Å². The lowest BCUT2D eigenvalue weighted by Crippen LogP contribution is -2.41. The molecule has 128 valence electrons. The SMILES string of the molecule is Cc1cc(C)n([C@H]2CCCN(C(=O)c3cnn(C)c3C3CC3)C2)n1. The normalized spacial score (nSPS) is 21.3. The fourth-order valence-corrected chi connectivity index (χ4v) is 3.98. The number of carbonyl (C=O) groups excluding carboxylic acids is 1. The summed E-state index contributed by atoms with van der Waals surface area (Å²) in [6.45, 7) is 5.67. The predicted octanol–water partition coefficient (Wildman–Crippen LogP) is 2.59. The predicted molar refractivity (Wildman–Crippen MR) is 91.1 cm³/mol. The van der Waals surface area contributed by atoms with Gasteiger partial charge in [0.15, 0.2) is 0 Å². The minimum atomic E-state index is 0.135. The summed E-state index contributed by atoms with van der Waals surface area (Å²) in [4.78, 5) is 15.1. The Morgan fingerprint density at radius 2 is 2.04 bits per heavy atom. The van der Waals surface area contributed by atoms with Crippen molar-refractivity contribution in [2.24, 2.45) is 7.05 Å². The number of nitrogens with zero attached hydrogens (tertiary/aromatic N) is 5. The van der Waals surface area contributed by atoms with Crippen LogP contribution in [0.25, 0.3) is 0 Å². The Kier molecular flexibility index (Phi) is 3.70. The van der Waals surface area contributed by atoms with Gasteiger partial charge in [-0.1, -0.05) is 0 Å². The van der Waals surface area contributed by atoms with Crippen molar-refractivity contribution in [2.75, 3.05) is 13.1 Å². The van der Waals surface area contributed by atoms with Crippen LogP contribution in [0, 0.1) is 13.8 Å². The van der Waals surface area contributed by atoms with Crippen molar-refractivity contribution in [3.05, 3.63) is 34.9 Å². The van der Waals surface area contributed by atoms with E-state index in [9.17, 15) is 4.79 Å². The van der Waals surface area contributed by atoms with Gasteiger partial charge >= 0.3 is 0 Å². The zero-order chi connectivity index (χ0) is 16.8. The molecule has 1 amide bonds. The zero-order valence-electron chi connectivity index (χ0n) is 14.7. The van der Waals surface area contributed by atoms with Gasteiger partial charge in [0.1, 0.15) is 0 Å². The average molecular weight is 327 g/mol. The van der Waals surface area contributed by atoms with Crippen molar-refractivity contribution < 1.29 is 4.79 Å². The van der Waals surface area contributed by atoms with E-state index in [1.165, 1.54) is 18.5 Å². The number of carbonyl (C=O) groups is 1. The van der Waals surface area contributed by atoms with Gasteiger partial charge in [0.2, 0.25) is 0 Å². The van der Waals surface area contributed by atoms with Crippen LogP contribution < -0.4 is 0 Å². The summed E-state index contributed by atoms with van der Waals surface area (Å²) in [6.07, 6.45) is 6.20. The standard InChI is InChI=1S/C18H25N5O/c1-12-9-13(2)23(20-12)15-5-4-8-22(11-15)18(24)16-10-19-21(3)17(16)14-6-7-14/h9-10,14-15H,4-8,11H2,1-3H3/t15-/m0/s1. The van der Waals surface area contributed by atoms with Crippen molar-refractivity contribution in [1.29, 1.82) is 0 Å². The van der Waals surface area contributed by atoms with Crippen LogP contribution in [0.4, 0.5) is 0 Å². The Morgan fingerprint density at radius 3 is 2.71 bits per heavy atom. The van der Waals surface area contributed by atoms with E-state index in [1.54, 1.807) is 6.20 Å². The third-order valence-electron chi connectivity index (χ3n) is 5.25. The summed E-state index contributed by atoms with van der Waals surface area (Å²) >= 11 is 0. The number of aryl methyl sites for hydroxylation is 3. The number of hydrogen-bond acceptors (Lipinski definition) is 3. The van der Waals surface area contributed by atoms with Gasteiger partial charge in [-0.2, -0.15) is 10.2 Å². The zero-order valence-corrected chi connectivity index (χ0v) is 14.7. The molecular weight excluding hydrogens is 302 g/mol. The molecule has 0 unspecified atom stereocenters. The molecule has 1 saturated heterocycles. The Morgan fingerprint density at radius 1 is 1.25 bits per heavy atom. The van der Waals surface area contributed by atoms with E-state index >= 15 is 0 Å². The number of rotatable bonds is 3. The first-order valence-corrected chi connectivity index (χ1v) is 8.88. The molecule has 3 heterocycles. The van der Waals surface area contributed by atoms with Crippen molar-refractivity contribution in [1.82, 2.24) is 24.5 Å². The molecule has 2 aromatic rings. The monoisotopic (exact) mass is 327 g/mol. The second kappa shape index (κ2) is 5.76.